The van der Waals surface area contributed by atoms with Crippen LogP contribution in [0.2, 0.25) is 0 Å². The van der Waals surface area contributed by atoms with Crippen LogP contribution in [0.15, 0.2) is 29.8 Å². The van der Waals surface area contributed by atoms with E-state index in [1.807, 2.05) is 6.92 Å². The Morgan fingerprint density at radius 1 is 0.912 bits per heavy atom. The van der Waals surface area contributed by atoms with Gasteiger partial charge in [0.1, 0.15) is 17.7 Å². The highest BCUT2D eigenvalue weighted by molar-refractivity contribution is 6.13. The number of carbonyl (C=O) groups excluding carboxylic acids is 1. The average Bonchev–Trinajstić information content (AvgIpc) is 3.13. The van der Waals surface area contributed by atoms with Crippen molar-refractivity contribution >= 4 is 28.6 Å². The summed E-state index contributed by atoms with van der Waals surface area (Å²) in [6.07, 6.45) is 1.17. The lowest BCUT2D eigenvalue weighted by molar-refractivity contribution is -0.393. The van der Waals surface area contributed by atoms with Gasteiger partial charge in [0, 0.05) is 40.5 Å². The first kappa shape index (κ1) is 23.5. The number of allylic oxidation sites excluding steroid dienone is 1. The Kier molecular flexibility index (Phi) is 6.31. The molecule has 170 valence electrons. The zero-order chi connectivity index (χ0) is 25.2. The Morgan fingerprint density at radius 3 is 1.97 bits per heavy atom. The molecule has 13 heteroatoms. The van der Waals surface area contributed by atoms with Crippen LogP contribution in [0, 0.1) is 53.0 Å². The Balaban J connectivity index is 2.53. The lowest BCUT2D eigenvalue weighted by Gasteiger charge is -2.10. The first-order valence-electron chi connectivity index (χ1n) is 9.68. The van der Waals surface area contributed by atoms with Crippen LogP contribution < -0.4 is 0 Å². The van der Waals surface area contributed by atoms with Crippen molar-refractivity contribution in [3.05, 3.63) is 76.9 Å². The fourth-order valence-corrected chi connectivity index (χ4v) is 3.62. The van der Waals surface area contributed by atoms with Crippen molar-refractivity contribution in [3.8, 4) is 23.3 Å². The molecule has 0 fully saturated rings. The summed E-state index contributed by atoms with van der Waals surface area (Å²) in [6.45, 7) is 1.82. The molecule has 2 aromatic carbocycles. The molecule has 0 unspecified atom stereocenters. The number of nitrogens with zero attached hydrogens (tertiary/aromatic N) is 5. The lowest BCUT2D eigenvalue weighted by Crippen LogP contribution is -2.09. The molecule has 0 aliphatic heterocycles. The van der Waals surface area contributed by atoms with E-state index < -0.39 is 48.9 Å². The number of nitriles is 2. The second kappa shape index (κ2) is 9.13. The summed E-state index contributed by atoms with van der Waals surface area (Å²) in [5, 5.41) is 53.7. The summed E-state index contributed by atoms with van der Waals surface area (Å²) < 4.78 is 5.17. The first-order valence-corrected chi connectivity index (χ1v) is 9.68. The summed E-state index contributed by atoms with van der Waals surface area (Å²) in [7, 11) is 0. The van der Waals surface area contributed by atoms with E-state index in [1.165, 1.54) is 0 Å². The predicted octanol–water partition coefficient (Wildman–Crippen LogP) is 4.20. The number of nitro benzene ring substituents is 3. The molecule has 0 atom stereocenters. The molecular weight excluding hydrogens is 450 g/mol. The lowest BCUT2D eigenvalue weighted by atomic mass is 9.96. The van der Waals surface area contributed by atoms with E-state index in [2.05, 4.69) is 0 Å². The molecule has 0 radical (unpaired) electrons. The molecule has 3 rings (SSSR count). The smallest absolute Gasteiger partial charge is 0.339 e. The molecule has 0 bridgehead atoms. The summed E-state index contributed by atoms with van der Waals surface area (Å²) in [4.78, 5) is 45.0. The highest BCUT2D eigenvalue weighted by atomic mass is 16.6. The van der Waals surface area contributed by atoms with E-state index in [4.69, 9.17) is 4.74 Å². The van der Waals surface area contributed by atoms with Crippen LogP contribution in [-0.2, 0) is 4.74 Å². The molecule has 13 nitrogen and oxygen atoms in total. The molecule has 0 saturated carbocycles. The van der Waals surface area contributed by atoms with E-state index in [9.17, 15) is 45.7 Å². The molecule has 0 saturated heterocycles. The number of esters is 1. The van der Waals surface area contributed by atoms with E-state index in [-0.39, 0.29) is 34.4 Å². The van der Waals surface area contributed by atoms with E-state index in [0.29, 0.717) is 18.9 Å². The van der Waals surface area contributed by atoms with E-state index >= 15 is 0 Å². The van der Waals surface area contributed by atoms with Crippen molar-refractivity contribution < 1.29 is 24.3 Å². The molecule has 0 N–H and O–H groups in total. The van der Waals surface area contributed by atoms with Gasteiger partial charge in [0.15, 0.2) is 0 Å². The highest BCUT2D eigenvalue weighted by Gasteiger charge is 2.40. The van der Waals surface area contributed by atoms with Crippen molar-refractivity contribution in [1.29, 1.82) is 10.5 Å². The largest absolute Gasteiger partial charge is 0.462 e. The zero-order valence-electron chi connectivity index (χ0n) is 17.4. The third-order valence-corrected chi connectivity index (χ3v) is 5.06. The van der Waals surface area contributed by atoms with Crippen LogP contribution in [0.3, 0.4) is 0 Å². The van der Waals surface area contributed by atoms with Crippen molar-refractivity contribution in [2.45, 2.75) is 19.8 Å². The quantitative estimate of drug-likeness (QED) is 0.160. The van der Waals surface area contributed by atoms with Gasteiger partial charge < -0.3 is 4.74 Å². The maximum atomic E-state index is 12.9. The maximum absolute atomic E-state index is 12.9. The summed E-state index contributed by atoms with van der Waals surface area (Å²) in [5.41, 5.74) is -4.23. The average molecular weight is 463 g/mol. The van der Waals surface area contributed by atoms with Crippen molar-refractivity contribution in [1.82, 2.24) is 0 Å². The third kappa shape index (κ3) is 3.89. The maximum Gasteiger partial charge on any atom is 0.339 e. The van der Waals surface area contributed by atoms with Crippen LogP contribution >= 0.6 is 0 Å². The SMILES string of the molecule is CCCCOC(=O)c1cc([N+](=O)[O-])cc2c1-c1c(cc([N+](=O)[O-])cc1[N+](=O)[O-])C2=C(C#N)C#N. The Labute approximate surface area is 190 Å². The summed E-state index contributed by atoms with van der Waals surface area (Å²) >= 11 is 0. The number of nitro groups is 3. The third-order valence-electron chi connectivity index (χ3n) is 5.06. The number of rotatable bonds is 7. The van der Waals surface area contributed by atoms with Gasteiger partial charge in [0.05, 0.1) is 38.6 Å². The molecule has 0 aromatic heterocycles. The van der Waals surface area contributed by atoms with E-state index in [0.717, 1.165) is 18.2 Å². The zero-order valence-corrected chi connectivity index (χ0v) is 17.4. The van der Waals surface area contributed by atoms with Crippen LogP contribution in [0.5, 0.6) is 0 Å². The molecule has 1 aliphatic rings. The highest BCUT2D eigenvalue weighted by Crippen LogP contribution is 2.53. The molecule has 0 spiro atoms. The van der Waals surface area contributed by atoms with Gasteiger partial charge in [-0.15, -0.1) is 0 Å². The first-order chi connectivity index (χ1) is 16.2. The van der Waals surface area contributed by atoms with Crippen molar-refractivity contribution in [3.63, 3.8) is 0 Å². The Morgan fingerprint density at radius 2 is 1.47 bits per heavy atom. The summed E-state index contributed by atoms with van der Waals surface area (Å²) in [6, 6.07) is 6.64. The second-order valence-corrected chi connectivity index (χ2v) is 7.04. The van der Waals surface area contributed by atoms with Gasteiger partial charge in [-0.3, -0.25) is 30.3 Å². The molecule has 1 aliphatic carbocycles. The fraction of sp³-hybridized carbons (Fsp3) is 0.190. The number of benzene rings is 2. The number of unbranched alkanes of at least 4 members (excludes halogenated alkanes) is 1. The monoisotopic (exact) mass is 463 g/mol. The number of carbonyl (C=O) groups is 1. The minimum absolute atomic E-state index is 0.0215. The molecule has 0 heterocycles. The normalized spacial score (nSPS) is 11.0. The summed E-state index contributed by atoms with van der Waals surface area (Å²) in [5.74, 6) is -1.01. The number of non-ortho nitro benzene ring substituents is 2. The molecule has 0 amide bonds. The van der Waals surface area contributed by atoms with Crippen LogP contribution in [0.25, 0.3) is 16.7 Å². The standard InChI is InChI=1S/C21H13N5O8/c1-2-3-4-34-21(27)16-7-12(24(28)29)5-14-18(11(9-22)10-23)15-6-13(25(30)31)8-17(26(32)33)20(15)19(14)16/h5-8H,2-4H2,1H3. The molecular formula is C21H13N5O8. The number of ether oxygens (including phenoxy) is 1. The Hall–Kier alpha value is -5.17. The van der Waals surface area contributed by atoms with Gasteiger partial charge in [0.2, 0.25) is 0 Å². The van der Waals surface area contributed by atoms with Crippen molar-refractivity contribution in [2.24, 2.45) is 0 Å². The van der Waals surface area contributed by atoms with Gasteiger partial charge in [-0.1, -0.05) is 13.3 Å². The molecule has 2 aromatic rings. The minimum atomic E-state index is -1.01. The van der Waals surface area contributed by atoms with Gasteiger partial charge in [-0.05, 0) is 6.42 Å². The fourth-order valence-electron chi connectivity index (χ4n) is 3.62. The van der Waals surface area contributed by atoms with Crippen LogP contribution in [-0.4, -0.2) is 27.3 Å². The predicted molar refractivity (Wildman–Crippen MR) is 114 cm³/mol. The number of hydrogen-bond acceptors (Lipinski definition) is 10. The van der Waals surface area contributed by atoms with Crippen LogP contribution in [0.4, 0.5) is 17.1 Å². The molecule has 34 heavy (non-hydrogen) atoms. The van der Waals surface area contributed by atoms with Crippen LogP contribution in [0.1, 0.15) is 41.3 Å². The number of hydrogen-bond donors (Lipinski definition) is 0. The van der Waals surface area contributed by atoms with Gasteiger partial charge in [-0.2, -0.15) is 10.5 Å². The number of fused-ring (bicyclic) bond motifs is 3. The van der Waals surface area contributed by atoms with Gasteiger partial charge >= 0.3 is 5.97 Å². The Bertz CT molecular complexity index is 1380. The van der Waals surface area contributed by atoms with E-state index in [1.54, 1.807) is 12.1 Å². The van der Waals surface area contributed by atoms with Crippen molar-refractivity contribution in [2.75, 3.05) is 6.61 Å². The van der Waals surface area contributed by atoms with Gasteiger partial charge in [0.25, 0.3) is 17.1 Å². The topological polar surface area (TPSA) is 203 Å². The van der Waals surface area contributed by atoms with Gasteiger partial charge in [-0.25, -0.2) is 4.79 Å². The second-order valence-electron chi connectivity index (χ2n) is 7.04. The minimum Gasteiger partial charge on any atom is -0.462 e.